The fourth-order valence-electron chi connectivity index (χ4n) is 2.80. The van der Waals surface area contributed by atoms with Gasteiger partial charge in [0.2, 0.25) is 18.2 Å². The smallest absolute Gasteiger partial charge is 0.250 e. The molecule has 0 unspecified atom stereocenters. The van der Waals surface area contributed by atoms with Gasteiger partial charge in [-0.05, 0) is 37.5 Å². The minimum absolute atomic E-state index is 0.0922. The summed E-state index contributed by atoms with van der Waals surface area (Å²) < 4.78 is 10.9. The monoisotopic (exact) mass is 315 g/mol. The number of carbonyl (C=O) groups excluding carboxylic acids is 1. The number of benzene rings is 1. The lowest BCUT2D eigenvalue weighted by Gasteiger charge is -2.21. The lowest BCUT2D eigenvalue weighted by Crippen LogP contribution is -2.25. The number of nitrogens with zero attached hydrogens (tertiary/aromatic N) is 2. The number of hydrogen-bond donors (Lipinski definition) is 1. The van der Waals surface area contributed by atoms with Crippen molar-refractivity contribution in [3.63, 3.8) is 0 Å². The lowest BCUT2D eigenvalue weighted by atomic mass is 9.98. The minimum Gasteiger partial charge on any atom is -0.423 e. The van der Waals surface area contributed by atoms with Crippen LogP contribution in [0.4, 0.5) is 5.69 Å². The molecule has 1 aliphatic rings. The first-order valence-corrected chi connectivity index (χ1v) is 8.01. The molecule has 1 aromatic heterocycles. The largest absolute Gasteiger partial charge is 0.423 e. The van der Waals surface area contributed by atoms with E-state index in [4.69, 9.17) is 9.15 Å². The van der Waals surface area contributed by atoms with E-state index in [0.717, 1.165) is 29.7 Å². The van der Waals surface area contributed by atoms with Crippen molar-refractivity contribution in [3.05, 3.63) is 30.2 Å². The van der Waals surface area contributed by atoms with Crippen molar-refractivity contribution in [2.45, 2.75) is 45.1 Å². The Morgan fingerprint density at radius 2 is 2.17 bits per heavy atom. The fraction of sp³-hybridized carbons (Fsp3) is 0.471. The van der Waals surface area contributed by atoms with E-state index in [1.54, 1.807) is 0 Å². The van der Waals surface area contributed by atoms with Crippen molar-refractivity contribution < 1.29 is 13.9 Å². The average Bonchev–Trinajstić information content (AvgIpc) is 3.10. The van der Waals surface area contributed by atoms with Gasteiger partial charge in [-0.3, -0.25) is 4.79 Å². The second-order valence-corrected chi connectivity index (χ2v) is 5.89. The van der Waals surface area contributed by atoms with Gasteiger partial charge in [-0.25, -0.2) is 0 Å². The van der Waals surface area contributed by atoms with E-state index in [9.17, 15) is 4.79 Å². The number of carbonyl (C=O) groups is 1. The van der Waals surface area contributed by atoms with Crippen LogP contribution in [0.2, 0.25) is 0 Å². The number of aromatic nitrogens is 2. The van der Waals surface area contributed by atoms with E-state index >= 15 is 0 Å². The standard InChI is InChI=1S/C17H21N3O3/c1-12-7-8-13(17-20-18-11-23-17)9-15(12)19-16(21)10-22-14-5-3-2-4-6-14/h7-9,11,14H,2-6,10H2,1H3,(H,19,21). The Hall–Kier alpha value is -2.21. The van der Waals surface area contributed by atoms with Gasteiger partial charge in [0.1, 0.15) is 6.61 Å². The van der Waals surface area contributed by atoms with Gasteiger partial charge in [-0.1, -0.05) is 25.3 Å². The molecule has 0 atom stereocenters. The number of anilines is 1. The topological polar surface area (TPSA) is 77.3 Å². The maximum absolute atomic E-state index is 12.1. The number of hydrogen-bond acceptors (Lipinski definition) is 5. The van der Waals surface area contributed by atoms with Crippen LogP contribution >= 0.6 is 0 Å². The molecule has 1 fully saturated rings. The minimum atomic E-state index is -0.138. The molecule has 0 aliphatic heterocycles. The Morgan fingerprint density at radius 3 is 2.91 bits per heavy atom. The highest BCUT2D eigenvalue weighted by Gasteiger charge is 2.16. The van der Waals surface area contributed by atoms with Crippen LogP contribution in [-0.2, 0) is 9.53 Å². The first kappa shape index (κ1) is 15.7. The Labute approximate surface area is 135 Å². The zero-order chi connectivity index (χ0) is 16.1. The number of nitrogens with one attached hydrogen (secondary N) is 1. The van der Waals surface area contributed by atoms with Crippen LogP contribution in [-0.4, -0.2) is 28.8 Å². The number of rotatable bonds is 5. The summed E-state index contributed by atoms with van der Waals surface area (Å²) >= 11 is 0. The molecule has 1 heterocycles. The van der Waals surface area contributed by atoms with Crippen LogP contribution in [0.1, 0.15) is 37.7 Å². The molecule has 0 bridgehead atoms. The van der Waals surface area contributed by atoms with Gasteiger partial charge in [0.05, 0.1) is 6.10 Å². The van der Waals surface area contributed by atoms with Crippen LogP contribution in [0.3, 0.4) is 0 Å². The third-order valence-electron chi connectivity index (χ3n) is 4.12. The quantitative estimate of drug-likeness (QED) is 0.915. The molecule has 1 aliphatic carbocycles. The van der Waals surface area contributed by atoms with Gasteiger partial charge >= 0.3 is 0 Å². The van der Waals surface area contributed by atoms with Gasteiger partial charge in [0.25, 0.3) is 0 Å². The zero-order valence-electron chi connectivity index (χ0n) is 13.2. The van der Waals surface area contributed by atoms with E-state index < -0.39 is 0 Å². The fourth-order valence-corrected chi connectivity index (χ4v) is 2.80. The van der Waals surface area contributed by atoms with Crippen LogP contribution in [0.15, 0.2) is 29.0 Å². The van der Waals surface area contributed by atoms with Crippen molar-refractivity contribution in [2.75, 3.05) is 11.9 Å². The van der Waals surface area contributed by atoms with Crippen molar-refractivity contribution in [1.29, 1.82) is 0 Å². The van der Waals surface area contributed by atoms with Crippen molar-refractivity contribution in [1.82, 2.24) is 10.2 Å². The highest BCUT2D eigenvalue weighted by molar-refractivity contribution is 5.93. The summed E-state index contributed by atoms with van der Waals surface area (Å²) in [7, 11) is 0. The molecule has 1 saturated carbocycles. The van der Waals surface area contributed by atoms with Crippen molar-refractivity contribution >= 4 is 11.6 Å². The summed E-state index contributed by atoms with van der Waals surface area (Å²) in [5.41, 5.74) is 2.48. The molecule has 23 heavy (non-hydrogen) atoms. The Bertz CT molecular complexity index is 649. The van der Waals surface area contributed by atoms with Gasteiger partial charge in [-0.2, -0.15) is 0 Å². The third kappa shape index (κ3) is 4.16. The Balaban J connectivity index is 1.60. The molecule has 0 spiro atoms. The van der Waals surface area contributed by atoms with E-state index in [0.29, 0.717) is 5.89 Å². The van der Waals surface area contributed by atoms with Crippen LogP contribution in [0.5, 0.6) is 0 Å². The first-order chi connectivity index (χ1) is 11.2. The Kier molecular flexibility index (Phi) is 5.02. The van der Waals surface area contributed by atoms with Gasteiger partial charge in [0.15, 0.2) is 0 Å². The van der Waals surface area contributed by atoms with Crippen molar-refractivity contribution in [3.8, 4) is 11.5 Å². The van der Waals surface area contributed by atoms with Crippen LogP contribution in [0, 0.1) is 6.92 Å². The molecule has 0 saturated heterocycles. The SMILES string of the molecule is Cc1ccc(-c2nnco2)cc1NC(=O)COC1CCCCC1. The molecule has 1 N–H and O–H groups in total. The number of amides is 1. The molecule has 1 aromatic carbocycles. The average molecular weight is 315 g/mol. The predicted molar refractivity (Wildman–Crippen MR) is 85.9 cm³/mol. The third-order valence-corrected chi connectivity index (χ3v) is 4.12. The van der Waals surface area contributed by atoms with Gasteiger partial charge < -0.3 is 14.5 Å². The van der Waals surface area contributed by atoms with Crippen LogP contribution < -0.4 is 5.32 Å². The summed E-state index contributed by atoms with van der Waals surface area (Å²) in [6.45, 7) is 2.03. The molecule has 3 rings (SSSR count). The maximum atomic E-state index is 12.1. The summed E-state index contributed by atoms with van der Waals surface area (Å²) in [4.78, 5) is 12.1. The molecular formula is C17H21N3O3. The highest BCUT2D eigenvalue weighted by atomic mass is 16.5. The molecule has 6 nitrogen and oxygen atoms in total. The molecule has 1 amide bonds. The summed E-state index contributed by atoms with van der Waals surface area (Å²) in [6, 6.07) is 5.63. The molecule has 122 valence electrons. The summed E-state index contributed by atoms with van der Waals surface area (Å²) in [5.74, 6) is 0.292. The van der Waals surface area contributed by atoms with Gasteiger partial charge in [-0.15, -0.1) is 10.2 Å². The normalized spacial score (nSPS) is 15.5. The number of ether oxygens (including phenoxy) is 1. The van der Waals surface area contributed by atoms with E-state index in [2.05, 4.69) is 15.5 Å². The second-order valence-electron chi connectivity index (χ2n) is 5.89. The molecule has 2 aromatic rings. The van der Waals surface area contributed by atoms with Crippen molar-refractivity contribution in [2.24, 2.45) is 0 Å². The molecular weight excluding hydrogens is 294 g/mol. The van der Waals surface area contributed by atoms with Crippen LogP contribution in [0.25, 0.3) is 11.5 Å². The second kappa shape index (κ2) is 7.37. The van der Waals surface area contributed by atoms with E-state index in [-0.39, 0.29) is 18.6 Å². The zero-order valence-corrected chi connectivity index (χ0v) is 13.2. The molecule has 6 heteroatoms. The predicted octanol–water partition coefficient (Wildman–Crippen LogP) is 3.33. The maximum Gasteiger partial charge on any atom is 0.250 e. The summed E-state index contributed by atoms with van der Waals surface area (Å²) in [6.07, 6.45) is 7.27. The van der Waals surface area contributed by atoms with E-state index in [1.165, 1.54) is 25.7 Å². The Morgan fingerprint density at radius 1 is 1.35 bits per heavy atom. The highest BCUT2D eigenvalue weighted by Crippen LogP contribution is 2.24. The first-order valence-electron chi connectivity index (χ1n) is 8.01. The number of aryl methyl sites for hydroxylation is 1. The molecule has 0 radical (unpaired) electrons. The lowest BCUT2D eigenvalue weighted by molar-refractivity contribution is -0.123. The van der Waals surface area contributed by atoms with E-state index in [1.807, 2.05) is 25.1 Å². The van der Waals surface area contributed by atoms with Gasteiger partial charge in [0, 0.05) is 11.3 Å². The summed E-state index contributed by atoms with van der Waals surface area (Å²) in [5, 5.41) is 10.4.